The maximum absolute atomic E-state index is 13.4. The standard InChI is InChI=1S/C26H39N7O5S/c1-39-12-10-20(24(35)33-22(26(37)38)13-17-7-3-2-4-8-17)31-25(36)21(14-18-15-29-16-30-18)32-23(34)19(28)9-5-6-11-27/h2-4,7-8,15-16,19-22H,5-6,9-14,27-28H2,1H3,(H,29,30)(H,31,36)(H,32,34)(H,33,35)(H,37,38). The predicted octanol–water partition coefficient (Wildman–Crippen LogP) is -0.0567. The molecule has 0 spiro atoms. The second-order valence-corrected chi connectivity index (χ2v) is 10.2. The molecule has 0 saturated heterocycles. The first kappa shape index (κ1) is 31.8. The number of carbonyl (C=O) groups is 4. The van der Waals surface area contributed by atoms with Crippen LogP contribution < -0.4 is 27.4 Å². The molecule has 0 aliphatic heterocycles. The van der Waals surface area contributed by atoms with Crippen molar-refractivity contribution in [3.8, 4) is 0 Å². The Labute approximate surface area is 232 Å². The normalized spacial score (nSPS) is 14.0. The number of aliphatic carboxylic acids is 1. The average Bonchev–Trinajstić information content (AvgIpc) is 3.43. The van der Waals surface area contributed by atoms with Crippen molar-refractivity contribution in [2.24, 2.45) is 11.5 Å². The van der Waals surface area contributed by atoms with Gasteiger partial charge in [0.15, 0.2) is 0 Å². The summed E-state index contributed by atoms with van der Waals surface area (Å²) in [6.07, 6.45) is 7.11. The average molecular weight is 562 g/mol. The number of hydrogen-bond acceptors (Lipinski definition) is 8. The van der Waals surface area contributed by atoms with Crippen LogP contribution in [0.5, 0.6) is 0 Å². The van der Waals surface area contributed by atoms with Crippen LogP contribution in [0.25, 0.3) is 0 Å². The lowest BCUT2D eigenvalue weighted by molar-refractivity contribution is -0.142. The van der Waals surface area contributed by atoms with Gasteiger partial charge in [0.2, 0.25) is 17.7 Å². The van der Waals surface area contributed by atoms with Crippen molar-refractivity contribution in [2.75, 3.05) is 18.6 Å². The number of H-pyrrole nitrogens is 1. The van der Waals surface area contributed by atoms with E-state index in [1.807, 2.05) is 12.3 Å². The number of rotatable bonds is 18. The van der Waals surface area contributed by atoms with Crippen LogP contribution in [0.15, 0.2) is 42.9 Å². The highest BCUT2D eigenvalue weighted by Crippen LogP contribution is 2.08. The molecule has 0 bridgehead atoms. The summed E-state index contributed by atoms with van der Waals surface area (Å²) in [5.74, 6) is -2.35. The lowest BCUT2D eigenvalue weighted by Crippen LogP contribution is -2.58. The highest BCUT2D eigenvalue weighted by molar-refractivity contribution is 7.98. The minimum absolute atomic E-state index is 0.0889. The highest BCUT2D eigenvalue weighted by Gasteiger charge is 2.30. The molecule has 2 rings (SSSR count). The van der Waals surface area contributed by atoms with Crippen molar-refractivity contribution < 1.29 is 24.3 Å². The van der Waals surface area contributed by atoms with Crippen LogP contribution in [0.4, 0.5) is 0 Å². The molecule has 1 aromatic heterocycles. The van der Waals surface area contributed by atoms with Gasteiger partial charge < -0.3 is 37.5 Å². The van der Waals surface area contributed by atoms with Gasteiger partial charge in [-0.3, -0.25) is 14.4 Å². The van der Waals surface area contributed by atoms with E-state index in [1.54, 1.807) is 24.3 Å². The van der Waals surface area contributed by atoms with Crippen LogP contribution in [0, 0.1) is 0 Å². The van der Waals surface area contributed by atoms with Gasteiger partial charge in [0.25, 0.3) is 0 Å². The molecular formula is C26H39N7O5S. The number of carboxylic acids is 1. The number of benzene rings is 1. The lowest BCUT2D eigenvalue weighted by atomic mass is 10.0. The number of amides is 3. The maximum atomic E-state index is 13.4. The number of nitrogens with two attached hydrogens (primary N) is 2. The molecule has 0 radical (unpaired) electrons. The van der Waals surface area contributed by atoms with E-state index in [0.717, 1.165) is 12.0 Å². The van der Waals surface area contributed by atoms with Crippen LogP contribution in [0.2, 0.25) is 0 Å². The molecule has 2 aromatic rings. The number of carboxylic acid groups (broad SMARTS) is 1. The first-order valence-electron chi connectivity index (χ1n) is 12.8. The second kappa shape index (κ2) is 17.2. The largest absolute Gasteiger partial charge is 0.480 e. The number of nitrogens with one attached hydrogen (secondary N) is 4. The molecule has 9 N–H and O–H groups in total. The monoisotopic (exact) mass is 561 g/mol. The summed E-state index contributed by atoms with van der Waals surface area (Å²) in [6.45, 7) is 0.493. The minimum Gasteiger partial charge on any atom is -0.480 e. The van der Waals surface area contributed by atoms with Crippen LogP contribution in [-0.4, -0.2) is 81.5 Å². The molecule has 12 nitrogen and oxygen atoms in total. The van der Waals surface area contributed by atoms with Gasteiger partial charge in [-0.25, -0.2) is 9.78 Å². The van der Waals surface area contributed by atoms with E-state index < -0.39 is 47.9 Å². The molecule has 3 amide bonds. The van der Waals surface area contributed by atoms with Gasteiger partial charge in [-0.15, -0.1) is 0 Å². The van der Waals surface area contributed by atoms with E-state index in [1.165, 1.54) is 24.3 Å². The van der Waals surface area contributed by atoms with E-state index in [-0.39, 0.29) is 19.3 Å². The molecule has 4 unspecified atom stereocenters. The third-order valence-electron chi connectivity index (χ3n) is 6.06. The predicted molar refractivity (Wildman–Crippen MR) is 150 cm³/mol. The zero-order valence-electron chi connectivity index (χ0n) is 22.1. The van der Waals surface area contributed by atoms with Gasteiger partial charge in [-0.2, -0.15) is 11.8 Å². The smallest absolute Gasteiger partial charge is 0.326 e. The summed E-state index contributed by atoms with van der Waals surface area (Å²) in [6, 6.07) is 4.89. The highest BCUT2D eigenvalue weighted by atomic mass is 32.2. The summed E-state index contributed by atoms with van der Waals surface area (Å²) in [5, 5.41) is 17.7. The number of hydrogen-bond donors (Lipinski definition) is 7. The molecule has 0 aliphatic carbocycles. The van der Waals surface area contributed by atoms with Gasteiger partial charge in [0.05, 0.1) is 12.4 Å². The number of nitrogens with zero attached hydrogens (tertiary/aromatic N) is 1. The van der Waals surface area contributed by atoms with Gasteiger partial charge in [-0.05, 0) is 43.4 Å². The molecule has 39 heavy (non-hydrogen) atoms. The molecule has 1 aromatic carbocycles. The van der Waals surface area contributed by atoms with E-state index >= 15 is 0 Å². The van der Waals surface area contributed by atoms with Gasteiger partial charge >= 0.3 is 5.97 Å². The van der Waals surface area contributed by atoms with Crippen LogP contribution in [0.1, 0.15) is 36.9 Å². The van der Waals surface area contributed by atoms with Crippen molar-refractivity contribution in [1.29, 1.82) is 0 Å². The molecular weight excluding hydrogens is 522 g/mol. The van der Waals surface area contributed by atoms with Crippen LogP contribution in [0.3, 0.4) is 0 Å². The third-order valence-corrected chi connectivity index (χ3v) is 6.70. The zero-order valence-corrected chi connectivity index (χ0v) is 22.9. The van der Waals surface area contributed by atoms with E-state index in [2.05, 4.69) is 25.9 Å². The Morgan fingerprint density at radius 2 is 1.62 bits per heavy atom. The van der Waals surface area contributed by atoms with Crippen molar-refractivity contribution in [3.05, 3.63) is 54.1 Å². The Balaban J connectivity index is 2.14. The Morgan fingerprint density at radius 3 is 2.23 bits per heavy atom. The minimum atomic E-state index is -1.19. The molecule has 1 heterocycles. The number of thioether (sulfide) groups is 1. The first-order valence-corrected chi connectivity index (χ1v) is 14.2. The third kappa shape index (κ3) is 11.5. The first-order chi connectivity index (χ1) is 18.7. The van der Waals surface area contributed by atoms with Crippen molar-refractivity contribution >= 4 is 35.5 Å². The fourth-order valence-electron chi connectivity index (χ4n) is 3.84. The molecule has 4 atom stereocenters. The van der Waals surface area contributed by atoms with Crippen LogP contribution >= 0.6 is 11.8 Å². The summed E-state index contributed by atoms with van der Waals surface area (Å²) < 4.78 is 0. The molecule has 0 aliphatic rings. The number of aromatic nitrogens is 2. The van der Waals surface area contributed by atoms with E-state index in [0.29, 0.717) is 30.8 Å². The molecule has 0 fully saturated rings. The fourth-order valence-corrected chi connectivity index (χ4v) is 4.31. The number of imidazole rings is 1. The number of aromatic amines is 1. The van der Waals surface area contributed by atoms with Gasteiger partial charge in [0.1, 0.15) is 18.1 Å². The van der Waals surface area contributed by atoms with Gasteiger partial charge in [-0.1, -0.05) is 36.8 Å². The maximum Gasteiger partial charge on any atom is 0.326 e. The lowest BCUT2D eigenvalue weighted by Gasteiger charge is -2.25. The van der Waals surface area contributed by atoms with Crippen molar-refractivity contribution in [2.45, 2.75) is 62.7 Å². The molecule has 13 heteroatoms. The molecule has 214 valence electrons. The quantitative estimate of drug-likeness (QED) is 0.122. The van der Waals surface area contributed by atoms with Crippen molar-refractivity contribution in [3.63, 3.8) is 0 Å². The fraction of sp³-hybridized carbons (Fsp3) is 0.500. The number of carbonyl (C=O) groups excluding carboxylic acids is 3. The number of unbranched alkanes of at least 4 members (excludes halogenated alkanes) is 1. The SMILES string of the molecule is CSCCC(NC(=O)C(Cc1cnc[nH]1)NC(=O)C(N)CCCCN)C(=O)NC(Cc1ccccc1)C(=O)O. The summed E-state index contributed by atoms with van der Waals surface area (Å²) >= 11 is 1.48. The zero-order chi connectivity index (χ0) is 28.6. The summed E-state index contributed by atoms with van der Waals surface area (Å²) in [5.41, 5.74) is 12.9. The van der Waals surface area contributed by atoms with Gasteiger partial charge in [0, 0.05) is 24.7 Å². The Kier molecular flexibility index (Phi) is 14.0. The summed E-state index contributed by atoms with van der Waals surface area (Å²) in [4.78, 5) is 58.0. The van der Waals surface area contributed by atoms with E-state index in [9.17, 15) is 24.3 Å². The Bertz CT molecular complexity index is 1040. The van der Waals surface area contributed by atoms with Crippen LogP contribution in [-0.2, 0) is 32.0 Å². The topological polar surface area (TPSA) is 205 Å². The Hall–Kier alpha value is -3.42. The molecule has 0 saturated carbocycles. The van der Waals surface area contributed by atoms with Crippen molar-refractivity contribution in [1.82, 2.24) is 25.9 Å². The van der Waals surface area contributed by atoms with E-state index in [4.69, 9.17) is 11.5 Å². The second-order valence-electron chi connectivity index (χ2n) is 9.16. The summed E-state index contributed by atoms with van der Waals surface area (Å²) in [7, 11) is 0. The Morgan fingerprint density at radius 1 is 0.949 bits per heavy atom.